The van der Waals surface area contributed by atoms with Crippen LogP contribution in [0, 0.1) is 6.92 Å². The number of aryl methyl sites for hydroxylation is 2. The molecule has 2 aromatic rings. The summed E-state index contributed by atoms with van der Waals surface area (Å²) in [5, 5.41) is 0. The predicted octanol–water partition coefficient (Wildman–Crippen LogP) is 1.25. The molecule has 0 N–H and O–H groups in total. The van der Waals surface area contributed by atoms with E-state index in [1.165, 1.54) is 11.5 Å². The molecule has 62 valence electrons. The SMILES string of the molecule is Cc1ncn(C)c1-c1ncsn1. The van der Waals surface area contributed by atoms with E-state index in [9.17, 15) is 0 Å². The molecular formula is C7H8N4S. The predicted molar refractivity (Wildman–Crippen MR) is 46.8 cm³/mol. The van der Waals surface area contributed by atoms with Crippen molar-refractivity contribution in [2.75, 3.05) is 0 Å². The summed E-state index contributed by atoms with van der Waals surface area (Å²) in [4.78, 5) is 8.29. The van der Waals surface area contributed by atoms with Crippen LogP contribution >= 0.6 is 11.5 Å². The summed E-state index contributed by atoms with van der Waals surface area (Å²) in [6.45, 7) is 1.95. The normalized spacial score (nSPS) is 10.5. The Labute approximate surface area is 74.1 Å². The van der Waals surface area contributed by atoms with Crippen molar-refractivity contribution in [2.45, 2.75) is 6.92 Å². The fourth-order valence-corrected chi connectivity index (χ4v) is 1.57. The zero-order valence-electron chi connectivity index (χ0n) is 6.85. The molecule has 0 aromatic carbocycles. The van der Waals surface area contributed by atoms with Crippen molar-refractivity contribution in [3.05, 3.63) is 17.5 Å². The van der Waals surface area contributed by atoms with Crippen LogP contribution in [-0.4, -0.2) is 18.9 Å². The molecule has 0 amide bonds. The van der Waals surface area contributed by atoms with Crippen molar-refractivity contribution in [2.24, 2.45) is 7.05 Å². The van der Waals surface area contributed by atoms with Gasteiger partial charge < -0.3 is 4.57 Å². The third-order valence-electron chi connectivity index (χ3n) is 1.69. The average Bonchev–Trinajstić information content (AvgIpc) is 2.61. The lowest BCUT2D eigenvalue weighted by Crippen LogP contribution is -1.92. The van der Waals surface area contributed by atoms with Crippen LogP contribution in [0.2, 0.25) is 0 Å². The first-order valence-electron chi connectivity index (χ1n) is 3.53. The zero-order chi connectivity index (χ0) is 8.55. The van der Waals surface area contributed by atoms with Crippen molar-refractivity contribution >= 4 is 11.5 Å². The van der Waals surface area contributed by atoms with Gasteiger partial charge in [-0.05, 0) is 18.5 Å². The minimum atomic E-state index is 0.762. The molecule has 5 heteroatoms. The second-order valence-electron chi connectivity index (χ2n) is 2.54. The monoisotopic (exact) mass is 180 g/mol. The summed E-state index contributed by atoms with van der Waals surface area (Å²) in [6, 6.07) is 0. The molecule has 0 atom stereocenters. The molecule has 0 unspecified atom stereocenters. The largest absolute Gasteiger partial charge is 0.331 e. The van der Waals surface area contributed by atoms with Gasteiger partial charge in [0.2, 0.25) is 0 Å². The van der Waals surface area contributed by atoms with Crippen molar-refractivity contribution in [3.63, 3.8) is 0 Å². The van der Waals surface area contributed by atoms with E-state index in [1.54, 1.807) is 11.8 Å². The van der Waals surface area contributed by atoms with Gasteiger partial charge in [0.25, 0.3) is 0 Å². The molecule has 0 fully saturated rings. The first kappa shape index (κ1) is 7.42. The van der Waals surface area contributed by atoms with Gasteiger partial charge in [-0.25, -0.2) is 9.97 Å². The molecule has 0 bridgehead atoms. The third-order valence-corrected chi connectivity index (χ3v) is 2.17. The smallest absolute Gasteiger partial charge is 0.191 e. The second-order valence-corrected chi connectivity index (χ2v) is 3.15. The van der Waals surface area contributed by atoms with Crippen LogP contribution in [0.1, 0.15) is 5.69 Å². The van der Waals surface area contributed by atoms with E-state index in [2.05, 4.69) is 14.3 Å². The van der Waals surface area contributed by atoms with Crippen molar-refractivity contribution in [1.29, 1.82) is 0 Å². The van der Waals surface area contributed by atoms with Gasteiger partial charge in [0, 0.05) is 7.05 Å². The first-order chi connectivity index (χ1) is 5.79. The molecular weight excluding hydrogens is 172 g/mol. The molecule has 0 saturated heterocycles. The van der Waals surface area contributed by atoms with E-state index in [-0.39, 0.29) is 0 Å². The Morgan fingerprint density at radius 3 is 2.75 bits per heavy atom. The average molecular weight is 180 g/mol. The number of aromatic nitrogens is 4. The lowest BCUT2D eigenvalue weighted by molar-refractivity contribution is 0.913. The second kappa shape index (κ2) is 2.67. The standard InChI is InChI=1S/C7H8N4S/c1-5-6(11(2)3-8-5)7-9-4-12-10-7/h3-4H,1-2H3. The fraction of sp³-hybridized carbons (Fsp3) is 0.286. The van der Waals surface area contributed by atoms with Crippen molar-refractivity contribution in [1.82, 2.24) is 18.9 Å². The Morgan fingerprint density at radius 1 is 1.42 bits per heavy atom. The van der Waals surface area contributed by atoms with Crippen LogP contribution in [0.3, 0.4) is 0 Å². The first-order valence-corrected chi connectivity index (χ1v) is 4.37. The molecule has 12 heavy (non-hydrogen) atoms. The summed E-state index contributed by atoms with van der Waals surface area (Å²) in [6.07, 6.45) is 1.77. The molecule has 4 nitrogen and oxygen atoms in total. The highest BCUT2D eigenvalue weighted by Crippen LogP contribution is 2.17. The topological polar surface area (TPSA) is 43.6 Å². The Bertz CT molecular complexity index is 357. The quantitative estimate of drug-likeness (QED) is 0.663. The van der Waals surface area contributed by atoms with Crippen LogP contribution in [0.5, 0.6) is 0 Å². The molecule has 0 aliphatic rings. The van der Waals surface area contributed by atoms with Crippen LogP contribution in [-0.2, 0) is 7.05 Å². The number of imidazole rings is 1. The molecule has 0 aliphatic heterocycles. The van der Waals surface area contributed by atoms with Crippen LogP contribution in [0.4, 0.5) is 0 Å². The summed E-state index contributed by atoms with van der Waals surface area (Å²) in [7, 11) is 1.94. The van der Waals surface area contributed by atoms with Crippen LogP contribution in [0.25, 0.3) is 11.5 Å². The highest BCUT2D eigenvalue weighted by molar-refractivity contribution is 7.03. The van der Waals surface area contributed by atoms with Crippen LogP contribution in [0.15, 0.2) is 11.8 Å². The van der Waals surface area contributed by atoms with Gasteiger partial charge in [-0.15, -0.1) is 0 Å². The van der Waals surface area contributed by atoms with E-state index in [1.807, 2.05) is 18.5 Å². The molecule has 0 spiro atoms. The van der Waals surface area contributed by atoms with E-state index >= 15 is 0 Å². The fourth-order valence-electron chi connectivity index (χ4n) is 1.14. The Balaban J connectivity index is 2.60. The Kier molecular flexibility index (Phi) is 1.65. The number of nitrogens with zero attached hydrogens (tertiary/aromatic N) is 4. The highest BCUT2D eigenvalue weighted by atomic mass is 32.1. The number of hydrogen-bond donors (Lipinski definition) is 0. The van der Waals surface area contributed by atoms with Gasteiger partial charge >= 0.3 is 0 Å². The number of rotatable bonds is 1. The van der Waals surface area contributed by atoms with E-state index in [0.29, 0.717) is 0 Å². The maximum Gasteiger partial charge on any atom is 0.191 e. The van der Waals surface area contributed by atoms with Crippen LogP contribution < -0.4 is 0 Å². The van der Waals surface area contributed by atoms with Gasteiger partial charge in [0.1, 0.15) is 11.2 Å². The van der Waals surface area contributed by atoms with E-state index < -0.39 is 0 Å². The minimum absolute atomic E-state index is 0.762. The van der Waals surface area contributed by atoms with Gasteiger partial charge in [0.05, 0.1) is 12.0 Å². The summed E-state index contributed by atoms with van der Waals surface area (Å²) < 4.78 is 6.08. The lowest BCUT2D eigenvalue weighted by atomic mass is 10.3. The summed E-state index contributed by atoms with van der Waals surface area (Å²) in [5.41, 5.74) is 3.69. The Hall–Kier alpha value is -1.23. The molecule has 0 aliphatic carbocycles. The van der Waals surface area contributed by atoms with Gasteiger partial charge in [-0.3, -0.25) is 0 Å². The van der Waals surface area contributed by atoms with E-state index in [4.69, 9.17) is 0 Å². The molecule has 2 aromatic heterocycles. The number of hydrogen-bond acceptors (Lipinski definition) is 4. The minimum Gasteiger partial charge on any atom is -0.331 e. The summed E-state index contributed by atoms with van der Waals surface area (Å²) in [5.74, 6) is 0.762. The highest BCUT2D eigenvalue weighted by Gasteiger charge is 2.09. The molecule has 2 rings (SSSR count). The van der Waals surface area contributed by atoms with Crippen molar-refractivity contribution in [3.8, 4) is 11.5 Å². The summed E-state index contributed by atoms with van der Waals surface area (Å²) >= 11 is 1.35. The molecule has 2 heterocycles. The Morgan fingerprint density at radius 2 is 2.25 bits per heavy atom. The van der Waals surface area contributed by atoms with Crippen molar-refractivity contribution < 1.29 is 0 Å². The zero-order valence-corrected chi connectivity index (χ0v) is 7.67. The molecule has 0 saturated carbocycles. The van der Waals surface area contributed by atoms with Gasteiger partial charge in [0.15, 0.2) is 5.82 Å². The third kappa shape index (κ3) is 1.02. The lowest BCUT2D eigenvalue weighted by Gasteiger charge is -1.96. The van der Waals surface area contributed by atoms with E-state index in [0.717, 1.165) is 17.2 Å². The maximum absolute atomic E-state index is 4.16. The molecule has 0 radical (unpaired) electrons. The maximum atomic E-state index is 4.16. The van der Waals surface area contributed by atoms with Gasteiger partial charge in [-0.1, -0.05) is 0 Å². The van der Waals surface area contributed by atoms with Gasteiger partial charge in [-0.2, -0.15) is 4.37 Å².